The minimum absolute atomic E-state index is 0.0538. The van der Waals surface area contributed by atoms with Crippen molar-refractivity contribution in [1.29, 1.82) is 0 Å². The van der Waals surface area contributed by atoms with E-state index in [1.165, 1.54) is 6.42 Å². The second-order valence-corrected chi connectivity index (χ2v) is 7.20. The maximum atomic E-state index is 12.3. The molecule has 1 unspecified atom stereocenters. The van der Waals surface area contributed by atoms with Crippen LogP contribution >= 0.6 is 0 Å². The van der Waals surface area contributed by atoms with Crippen molar-refractivity contribution in [2.24, 2.45) is 0 Å². The van der Waals surface area contributed by atoms with E-state index >= 15 is 0 Å². The zero-order chi connectivity index (χ0) is 10.7. The van der Waals surface area contributed by atoms with Crippen molar-refractivity contribution < 1.29 is 8.42 Å². The van der Waals surface area contributed by atoms with Crippen molar-refractivity contribution in [3.63, 3.8) is 0 Å². The molecule has 0 aromatic carbocycles. The molecule has 1 saturated carbocycles. The molecule has 0 spiro atoms. The lowest BCUT2D eigenvalue weighted by molar-refractivity contribution is 0.435. The zero-order valence-electron chi connectivity index (χ0n) is 9.24. The second kappa shape index (κ2) is 4.83. The molecule has 1 saturated heterocycles. The van der Waals surface area contributed by atoms with Gasteiger partial charge in [-0.15, -0.1) is 0 Å². The smallest absolute Gasteiger partial charge is 0.168 e. The van der Waals surface area contributed by atoms with Crippen LogP contribution in [0.5, 0.6) is 0 Å². The molecule has 2 fully saturated rings. The number of hydrogen-bond donors (Lipinski definition) is 1. The van der Waals surface area contributed by atoms with Crippen LogP contribution in [-0.2, 0) is 9.84 Å². The van der Waals surface area contributed by atoms with Crippen molar-refractivity contribution in [3.8, 4) is 0 Å². The Kier molecular flexibility index (Phi) is 3.67. The third-order valence-electron chi connectivity index (χ3n) is 3.68. The predicted octanol–water partition coefficient (Wildman–Crippen LogP) is 1.83. The summed E-state index contributed by atoms with van der Waals surface area (Å²) in [5.41, 5.74) is 0. The van der Waals surface area contributed by atoms with Crippen LogP contribution in [-0.4, -0.2) is 25.6 Å². The molecule has 1 aliphatic carbocycles. The number of sulfone groups is 1. The summed E-state index contributed by atoms with van der Waals surface area (Å²) in [5.74, 6) is 0. The number of piperidine rings is 1. The van der Waals surface area contributed by atoms with Crippen molar-refractivity contribution in [2.45, 2.75) is 62.0 Å². The summed E-state index contributed by atoms with van der Waals surface area (Å²) in [6.45, 7) is 0.872. The predicted molar refractivity (Wildman–Crippen MR) is 61.4 cm³/mol. The normalized spacial score (nSPS) is 30.3. The molecule has 2 aliphatic rings. The molecule has 0 aromatic rings. The van der Waals surface area contributed by atoms with Crippen LogP contribution in [0.1, 0.15) is 51.4 Å². The Hall–Kier alpha value is -0.0900. The highest BCUT2D eigenvalue weighted by molar-refractivity contribution is 7.92. The quantitative estimate of drug-likeness (QED) is 0.788. The van der Waals surface area contributed by atoms with Crippen LogP contribution in [0.3, 0.4) is 0 Å². The lowest BCUT2D eigenvalue weighted by Crippen LogP contribution is -2.45. The lowest BCUT2D eigenvalue weighted by Gasteiger charge is -2.29. The molecule has 4 heteroatoms. The fraction of sp³-hybridized carbons (Fsp3) is 1.00. The van der Waals surface area contributed by atoms with Crippen molar-refractivity contribution in [1.82, 2.24) is 5.32 Å². The second-order valence-electron chi connectivity index (χ2n) is 4.79. The van der Waals surface area contributed by atoms with E-state index in [0.29, 0.717) is 0 Å². The molecule has 3 nitrogen and oxygen atoms in total. The van der Waals surface area contributed by atoms with E-state index in [0.717, 1.165) is 51.5 Å². The Balaban J connectivity index is 2.03. The molecule has 1 aliphatic heterocycles. The van der Waals surface area contributed by atoms with E-state index in [9.17, 15) is 8.42 Å². The van der Waals surface area contributed by atoms with Gasteiger partial charge in [0.15, 0.2) is 9.84 Å². The maximum absolute atomic E-state index is 12.3. The van der Waals surface area contributed by atoms with E-state index in [1.54, 1.807) is 0 Å². The first-order chi connectivity index (χ1) is 7.21. The molecular weight excluding hydrogens is 210 g/mol. The number of rotatable bonds is 2. The van der Waals surface area contributed by atoms with Gasteiger partial charge in [0.2, 0.25) is 0 Å². The van der Waals surface area contributed by atoms with E-state index in [1.807, 2.05) is 0 Å². The summed E-state index contributed by atoms with van der Waals surface area (Å²) in [6.07, 6.45) is 8.18. The molecule has 1 N–H and O–H groups in total. The van der Waals surface area contributed by atoms with Crippen LogP contribution in [0.4, 0.5) is 0 Å². The standard InChI is InChI=1S/C11H21NO2S/c13-15(14,10-6-2-1-3-7-10)11-8-4-5-9-12-11/h10-12H,1-9H2. The van der Waals surface area contributed by atoms with Gasteiger partial charge in [0.25, 0.3) is 0 Å². The Labute approximate surface area is 92.6 Å². The van der Waals surface area contributed by atoms with Gasteiger partial charge in [0.05, 0.1) is 5.25 Å². The minimum atomic E-state index is -2.90. The van der Waals surface area contributed by atoms with E-state index in [-0.39, 0.29) is 10.6 Å². The third kappa shape index (κ3) is 2.53. The fourth-order valence-electron chi connectivity index (χ4n) is 2.73. The third-order valence-corrected chi connectivity index (χ3v) is 6.27. The highest BCUT2D eigenvalue weighted by Gasteiger charge is 2.34. The van der Waals surface area contributed by atoms with Crippen molar-refractivity contribution in [3.05, 3.63) is 0 Å². The first-order valence-corrected chi connectivity index (χ1v) is 7.78. The monoisotopic (exact) mass is 231 g/mol. The van der Waals surface area contributed by atoms with Crippen molar-refractivity contribution in [2.75, 3.05) is 6.54 Å². The highest BCUT2D eigenvalue weighted by Crippen LogP contribution is 2.28. The van der Waals surface area contributed by atoms with Gasteiger partial charge in [0, 0.05) is 0 Å². The van der Waals surface area contributed by atoms with Gasteiger partial charge in [-0.2, -0.15) is 0 Å². The first kappa shape index (κ1) is 11.4. The number of nitrogens with one attached hydrogen (secondary N) is 1. The van der Waals surface area contributed by atoms with E-state index in [4.69, 9.17) is 0 Å². The number of hydrogen-bond acceptors (Lipinski definition) is 3. The fourth-order valence-corrected chi connectivity index (χ4v) is 5.03. The summed E-state index contributed by atoms with van der Waals surface area (Å²) < 4.78 is 24.6. The molecule has 15 heavy (non-hydrogen) atoms. The largest absolute Gasteiger partial charge is 0.301 e. The van der Waals surface area contributed by atoms with Gasteiger partial charge in [-0.05, 0) is 38.6 Å². The Morgan fingerprint density at radius 2 is 1.53 bits per heavy atom. The Bertz CT molecular complexity index is 264. The average Bonchev–Trinajstić information content (AvgIpc) is 2.31. The van der Waals surface area contributed by atoms with Gasteiger partial charge in [-0.1, -0.05) is 19.3 Å². The molecule has 0 bridgehead atoms. The molecule has 2 rings (SSSR count). The zero-order valence-corrected chi connectivity index (χ0v) is 10.1. The summed E-state index contributed by atoms with van der Waals surface area (Å²) in [5, 5.41) is 2.87. The van der Waals surface area contributed by atoms with Gasteiger partial charge in [-0.3, -0.25) is 0 Å². The first-order valence-electron chi connectivity index (χ1n) is 6.17. The molecule has 1 heterocycles. The highest BCUT2D eigenvalue weighted by atomic mass is 32.2. The SMILES string of the molecule is O=S(=O)(C1CCCCC1)C1CCCCN1. The molecule has 0 radical (unpaired) electrons. The van der Waals surface area contributed by atoms with Gasteiger partial charge < -0.3 is 5.32 Å². The average molecular weight is 231 g/mol. The van der Waals surface area contributed by atoms with Gasteiger partial charge in [-0.25, -0.2) is 8.42 Å². The minimum Gasteiger partial charge on any atom is -0.301 e. The molecule has 1 atom stereocenters. The van der Waals surface area contributed by atoms with Gasteiger partial charge in [0.1, 0.15) is 5.37 Å². The van der Waals surface area contributed by atoms with Crippen LogP contribution in [0.15, 0.2) is 0 Å². The topological polar surface area (TPSA) is 46.2 Å². The summed E-state index contributed by atoms with van der Waals surface area (Å²) in [4.78, 5) is 0. The maximum Gasteiger partial charge on any atom is 0.168 e. The molecule has 0 aromatic heterocycles. The van der Waals surface area contributed by atoms with Crippen molar-refractivity contribution >= 4 is 9.84 Å². The van der Waals surface area contributed by atoms with E-state index < -0.39 is 9.84 Å². The van der Waals surface area contributed by atoms with Crippen LogP contribution in [0, 0.1) is 0 Å². The van der Waals surface area contributed by atoms with Gasteiger partial charge >= 0.3 is 0 Å². The summed E-state index contributed by atoms with van der Waals surface area (Å²) in [6, 6.07) is 0. The van der Waals surface area contributed by atoms with Crippen LogP contribution in [0.2, 0.25) is 0 Å². The van der Waals surface area contributed by atoms with Crippen LogP contribution < -0.4 is 5.32 Å². The summed E-state index contributed by atoms with van der Waals surface area (Å²) in [7, 11) is -2.90. The Morgan fingerprint density at radius 3 is 2.13 bits per heavy atom. The molecule has 0 amide bonds. The lowest BCUT2D eigenvalue weighted by atomic mass is 10.0. The molecule has 88 valence electrons. The van der Waals surface area contributed by atoms with E-state index in [2.05, 4.69) is 5.32 Å². The summed E-state index contributed by atoms with van der Waals surface area (Å²) >= 11 is 0. The molecular formula is C11H21NO2S. The Morgan fingerprint density at radius 1 is 0.867 bits per heavy atom. The van der Waals surface area contributed by atoms with Crippen LogP contribution in [0.25, 0.3) is 0 Å².